The molecule has 0 saturated carbocycles. The van der Waals surface area contributed by atoms with Gasteiger partial charge in [-0.2, -0.15) is 0 Å². The number of tetrazole rings is 1. The molecule has 23 heavy (non-hydrogen) atoms. The van der Waals surface area contributed by atoms with Crippen LogP contribution < -0.4 is 0 Å². The summed E-state index contributed by atoms with van der Waals surface area (Å²) in [5.41, 5.74) is 0.868. The summed E-state index contributed by atoms with van der Waals surface area (Å²) in [5, 5.41) is 21.9. The second-order valence-corrected chi connectivity index (χ2v) is 6.16. The van der Waals surface area contributed by atoms with Crippen LogP contribution in [0.1, 0.15) is 24.5 Å². The van der Waals surface area contributed by atoms with Crippen molar-refractivity contribution in [3.63, 3.8) is 0 Å². The van der Waals surface area contributed by atoms with Gasteiger partial charge in [-0.25, -0.2) is 4.68 Å². The lowest BCUT2D eigenvalue weighted by Crippen LogP contribution is -2.41. The molecule has 1 saturated heterocycles. The molecule has 1 amide bonds. The van der Waals surface area contributed by atoms with Crippen LogP contribution in [-0.4, -0.2) is 49.2 Å². The molecule has 0 radical (unpaired) electrons. The van der Waals surface area contributed by atoms with Crippen LogP contribution >= 0.6 is 11.6 Å². The molecular formula is C15H18ClN5O2. The van der Waals surface area contributed by atoms with Crippen LogP contribution in [0.4, 0.5) is 0 Å². The van der Waals surface area contributed by atoms with E-state index in [2.05, 4.69) is 15.5 Å². The highest BCUT2D eigenvalue weighted by atomic mass is 35.5. The molecule has 1 N–H and O–H groups in total. The summed E-state index contributed by atoms with van der Waals surface area (Å²) in [6, 6.07) is 7.26. The second-order valence-electron chi connectivity index (χ2n) is 5.72. The van der Waals surface area contributed by atoms with E-state index in [1.54, 1.807) is 17.0 Å². The van der Waals surface area contributed by atoms with E-state index in [-0.39, 0.29) is 18.4 Å². The number of aliphatic hydroxyl groups is 1. The van der Waals surface area contributed by atoms with Crippen LogP contribution in [0.5, 0.6) is 0 Å². The molecule has 1 aliphatic rings. The van der Waals surface area contributed by atoms with Crippen molar-refractivity contribution in [2.24, 2.45) is 5.92 Å². The van der Waals surface area contributed by atoms with Crippen molar-refractivity contribution in [3.05, 3.63) is 41.2 Å². The smallest absolute Gasteiger partial charge is 0.244 e. The Labute approximate surface area is 138 Å². The zero-order chi connectivity index (χ0) is 16.2. The molecule has 0 aliphatic carbocycles. The van der Waals surface area contributed by atoms with E-state index in [9.17, 15) is 9.90 Å². The molecule has 2 aromatic rings. The number of piperidine rings is 1. The molecule has 1 fully saturated rings. The fourth-order valence-corrected chi connectivity index (χ4v) is 3.01. The first-order valence-electron chi connectivity index (χ1n) is 7.55. The van der Waals surface area contributed by atoms with Crippen molar-refractivity contribution in [1.29, 1.82) is 0 Å². The maximum Gasteiger partial charge on any atom is 0.244 e. The van der Waals surface area contributed by atoms with Crippen LogP contribution in [0.3, 0.4) is 0 Å². The number of benzene rings is 1. The number of nitrogens with zero attached hydrogens (tertiary/aromatic N) is 5. The molecule has 0 spiro atoms. The highest BCUT2D eigenvalue weighted by Gasteiger charge is 2.28. The number of hydrogen-bond donors (Lipinski definition) is 1. The number of halogens is 1. The minimum atomic E-state index is -0.524. The Morgan fingerprint density at radius 1 is 1.30 bits per heavy atom. The summed E-state index contributed by atoms with van der Waals surface area (Å²) < 4.78 is 1.41. The Bertz CT molecular complexity index is 638. The van der Waals surface area contributed by atoms with Crippen molar-refractivity contribution in [3.8, 4) is 0 Å². The van der Waals surface area contributed by atoms with Crippen molar-refractivity contribution in [2.75, 3.05) is 13.1 Å². The molecule has 2 heterocycles. The monoisotopic (exact) mass is 335 g/mol. The molecular weight excluding hydrogens is 318 g/mol. The molecule has 8 heteroatoms. The van der Waals surface area contributed by atoms with E-state index in [0.717, 1.165) is 18.4 Å². The quantitative estimate of drug-likeness (QED) is 0.910. The molecule has 0 bridgehead atoms. The first-order valence-corrected chi connectivity index (χ1v) is 7.93. The first kappa shape index (κ1) is 15.9. The Morgan fingerprint density at radius 2 is 2.00 bits per heavy atom. The van der Waals surface area contributed by atoms with Crippen LogP contribution in [-0.2, 0) is 11.3 Å². The molecule has 1 aliphatic heterocycles. The average Bonchev–Trinajstić information content (AvgIpc) is 3.08. The minimum absolute atomic E-state index is 0.00303. The van der Waals surface area contributed by atoms with Crippen LogP contribution in [0.2, 0.25) is 5.02 Å². The first-order chi connectivity index (χ1) is 11.1. The third kappa shape index (κ3) is 3.86. The Morgan fingerprint density at radius 3 is 2.61 bits per heavy atom. The lowest BCUT2D eigenvalue weighted by molar-refractivity contribution is -0.134. The van der Waals surface area contributed by atoms with Crippen LogP contribution in [0, 0.1) is 5.92 Å². The van der Waals surface area contributed by atoms with Crippen LogP contribution in [0.25, 0.3) is 0 Å². The predicted molar refractivity (Wildman–Crippen MR) is 83.5 cm³/mol. The minimum Gasteiger partial charge on any atom is -0.388 e. The van der Waals surface area contributed by atoms with E-state index in [4.69, 9.17) is 11.6 Å². The van der Waals surface area contributed by atoms with E-state index >= 15 is 0 Å². The maximum atomic E-state index is 12.2. The summed E-state index contributed by atoms with van der Waals surface area (Å²) in [5.74, 6) is 0.144. The number of likely N-dealkylation sites (tertiary alicyclic amines) is 1. The fourth-order valence-electron chi connectivity index (χ4n) is 2.89. The summed E-state index contributed by atoms with van der Waals surface area (Å²) in [7, 11) is 0. The number of amides is 1. The van der Waals surface area contributed by atoms with Crippen molar-refractivity contribution in [2.45, 2.75) is 25.5 Å². The maximum absolute atomic E-state index is 12.2. The number of carbonyl (C=O) groups excluding carboxylic acids is 1. The number of carbonyl (C=O) groups is 1. The van der Waals surface area contributed by atoms with Gasteiger partial charge in [0.1, 0.15) is 12.9 Å². The van der Waals surface area contributed by atoms with Gasteiger partial charge in [0.05, 0.1) is 6.10 Å². The molecule has 1 aromatic heterocycles. The van der Waals surface area contributed by atoms with Gasteiger partial charge in [0.25, 0.3) is 0 Å². The summed E-state index contributed by atoms with van der Waals surface area (Å²) in [4.78, 5) is 14.0. The average molecular weight is 336 g/mol. The highest BCUT2D eigenvalue weighted by Crippen LogP contribution is 2.31. The molecule has 3 rings (SSSR count). The number of hydrogen-bond acceptors (Lipinski definition) is 5. The van der Waals surface area contributed by atoms with Gasteiger partial charge >= 0.3 is 0 Å². The Kier molecular flexibility index (Phi) is 4.88. The number of rotatable bonds is 4. The van der Waals surface area contributed by atoms with E-state index < -0.39 is 6.10 Å². The van der Waals surface area contributed by atoms with Crippen molar-refractivity contribution in [1.82, 2.24) is 25.1 Å². The van der Waals surface area contributed by atoms with Gasteiger partial charge in [0.15, 0.2) is 0 Å². The normalized spacial score (nSPS) is 17.2. The topological polar surface area (TPSA) is 84.1 Å². The summed E-state index contributed by atoms with van der Waals surface area (Å²) >= 11 is 5.87. The fraction of sp³-hybridized carbons (Fsp3) is 0.467. The van der Waals surface area contributed by atoms with E-state index in [1.807, 2.05) is 12.1 Å². The lowest BCUT2D eigenvalue weighted by Gasteiger charge is -2.34. The molecule has 7 nitrogen and oxygen atoms in total. The standard InChI is InChI=1S/C15H18ClN5O2/c16-13-3-1-11(2-4-13)15(23)12-5-7-20(8-6-12)14(22)9-21-10-17-18-19-21/h1-4,10,12,15,23H,5-9H2. The van der Waals surface area contributed by atoms with Gasteiger partial charge < -0.3 is 10.0 Å². The summed E-state index contributed by atoms with van der Waals surface area (Å²) in [6.07, 6.45) is 2.44. The van der Waals surface area contributed by atoms with Gasteiger partial charge in [-0.15, -0.1) is 5.10 Å². The Balaban J connectivity index is 1.53. The second kappa shape index (κ2) is 7.06. The van der Waals surface area contributed by atoms with Gasteiger partial charge in [0, 0.05) is 18.1 Å². The number of aromatic nitrogens is 4. The van der Waals surface area contributed by atoms with Crippen LogP contribution in [0.15, 0.2) is 30.6 Å². The van der Waals surface area contributed by atoms with Gasteiger partial charge in [0.2, 0.25) is 5.91 Å². The largest absolute Gasteiger partial charge is 0.388 e. The number of aliphatic hydroxyl groups excluding tert-OH is 1. The molecule has 122 valence electrons. The molecule has 1 aromatic carbocycles. The molecule has 1 unspecified atom stereocenters. The summed E-state index contributed by atoms with van der Waals surface area (Å²) in [6.45, 7) is 1.42. The van der Waals surface area contributed by atoms with Crippen molar-refractivity contribution < 1.29 is 9.90 Å². The third-order valence-corrected chi connectivity index (χ3v) is 4.49. The third-order valence-electron chi connectivity index (χ3n) is 4.24. The van der Waals surface area contributed by atoms with Gasteiger partial charge in [-0.1, -0.05) is 23.7 Å². The van der Waals surface area contributed by atoms with Gasteiger partial charge in [-0.3, -0.25) is 4.79 Å². The van der Waals surface area contributed by atoms with Crippen molar-refractivity contribution >= 4 is 17.5 Å². The van der Waals surface area contributed by atoms with E-state index in [0.29, 0.717) is 18.1 Å². The lowest BCUT2D eigenvalue weighted by atomic mass is 9.87. The highest BCUT2D eigenvalue weighted by molar-refractivity contribution is 6.30. The zero-order valence-corrected chi connectivity index (χ0v) is 13.3. The Hall–Kier alpha value is -1.99. The van der Waals surface area contributed by atoms with Gasteiger partial charge in [-0.05, 0) is 46.9 Å². The van der Waals surface area contributed by atoms with E-state index in [1.165, 1.54) is 11.0 Å². The predicted octanol–water partition coefficient (Wildman–Crippen LogP) is 1.30. The molecule has 1 atom stereocenters. The zero-order valence-electron chi connectivity index (χ0n) is 12.5. The SMILES string of the molecule is O=C(Cn1cnnn1)N1CCC(C(O)c2ccc(Cl)cc2)CC1.